The molecule has 0 radical (unpaired) electrons. The molecule has 136 valence electrons. The van der Waals surface area contributed by atoms with Crippen LogP contribution in [-0.2, 0) is 9.53 Å². The van der Waals surface area contributed by atoms with Gasteiger partial charge in [-0.15, -0.1) is 0 Å². The fourth-order valence-electron chi connectivity index (χ4n) is 3.04. The second-order valence-corrected chi connectivity index (χ2v) is 7.88. The number of halogens is 1. The van der Waals surface area contributed by atoms with Crippen molar-refractivity contribution in [3.05, 3.63) is 61.5 Å². The molecule has 0 fully saturated rings. The molecule has 8 heteroatoms. The summed E-state index contributed by atoms with van der Waals surface area (Å²) in [6.45, 7) is 3.78. The summed E-state index contributed by atoms with van der Waals surface area (Å²) in [5.74, 6) is 0.226. The summed E-state index contributed by atoms with van der Waals surface area (Å²) < 4.78 is 5.83. The van der Waals surface area contributed by atoms with Crippen molar-refractivity contribution in [2.45, 2.75) is 24.9 Å². The number of anilines is 1. The number of hydrogen-bond donors (Lipinski definition) is 2. The molecular weight excluding hydrogens is 418 g/mol. The van der Waals surface area contributed by atoms with Crippen LogP contribution in [-0.4, -0.2) is 28.8 Å². The molecule has 2 N–H and O–H groups in total. The molecule has 0 amide bonds. The monoisotopic (exact) mass is 435 g/mol. The van der Waals surface area contributed by atoms with Crippen molar-refractivity contribution in [2.75, 3.05) is 18.2 Å². The van der Waals surface area contributed by atoms with Crippen LogP contribution in [0.25, 0.3) is 0 Å². The van der Waals surface area contributed by atoms with Crippen LogP contribution >= 0.6 is 27.7 Å². The number of ether oxygens (including phenoxy) is 1. The maximum absolute atomic E-state index is 12.9. The first kappa shape index (κ1) is 18.7. The molecule has 2 heterocycles. The second-order valence-electron chi connectivity index (χ2n) is 5.71. The van der Waals surface area contributed by atoms with Gasteiger partial charge in [-0.1, -0.05) is 46.7 Å². The summed E-state index contributed by atoms with van der Waals surface area (Å²) in [6.07, 6.45) is 0. The van der Waals surface area contributed by atoms with Gasteiger partial charge in [-0.05, 0) is 30.4 Å². The van der Waals surface area contributed by atoms with E-state index in [4.69, 9.17) is 4.74 Å². The molecule has 3 rings (SSSR count). The third-order valence-electron chi connectivity index (χ3n) is 4.09. The van der Waals surface area contributed by atoms with Gasteiger partial charge in [-0.25, -0.2) is 9.78 Å². The summed E-state index contributed by atoms with van der Waals surface area (Å²) in [6, 6.07) is 7.54. The number of thioether (sulfide) groups is 1. The van der Waals surface area contributed by atoms with E-state index in [2.05, 4.69) is 31.2 Å². The van der Waals surface area contributed by atoms with Crippen molar-refractivity contribution in [1.29, 1.82) is 0 Å². The van der Waals surface area contributed by atoms with E-state index < -0.39 is 11.9 Å². The number of esters is 1. The van der Waals surface area contributed by atoms with E-state index in [1.165, 1.54) is 18.9 Å². The SMILES string of the molecule is CCSc1nc2c(c(=O)[nH]1)C(c1cccc(Br)c1)C(C(=O)OC)=C(C)N2. The van der Waals surface area contributed by atoms with Gasteiger partial charge in [-0.2, -0.15) is 0 Å². The molecule has 1 atom stereocenters. The van der Waals surface area contributed by atoms with Gasteiger partial charge in [-0.3, -0.25) is 4.79 Å². The molecule has 1 aliphatic heterocycles. The topological polar surface area (TPSA) is 84.1 Å². The van der Waals surface area contributed by atoms with Gasteiger partial charge in [0.25, 0.3) is 5.56 Å². The van der Waals surface area contributed by atoms with E-state index in [0.29, 0.717) is 27.8 Å². The molecule has 2 aromatic rings. The summed E-state index contributed by atoms with van der Waals surface area (Å²) in [7, 11) is 1.33. The predicted molar refractivity (Wildman–Crippen MR) is 106 cm³/mol. The van der Waals surface area contributed by atoms with Gasteiger partial charge >= 0.3 is 5.97 Å². The lowest BCUT2D eigenvalue weighted by atomic mass is 9.82. The average Bonchev–Trinajstić information content (AvgIpc) is 2.60. The predicted octanol–water partition coefficient (Wildman–Crippen LogP) is 3.65. The number of fused-ring (bicyclic) bond motifs is 1. The van der Waals surface area contributed by atoms with Crippen LogP contribution in [0, 0.1) is 0 Å². The van der Waals surface area contributed by atoms with Crippen LogP contribution in [0.3, 0.4) is 0 Å². The molecule has 1 aromatic carbocycles. The van der Waals surface area contributed by atoms with E-state index in [0.717, 1.165) is 15.8 Å². The number of allylic oxidation sites excluding steroid dienone is 1. The zero-order valence-corrected chi connectivity index (χ0v) is 17.0. The van der Waals surface area contributed by atoms with Crippen LogP contribution in [0.2, 0.25) is 0 Å². The van der Waals surface area contributed by atoms with Crippen LogP contribution in [0.15, 0.2) is 50.0 Å². The van der Waals surface area contributed by atoms with Gasteiger partial charge in [0.2, 0.25) is 0 Å². The lowest BCUT2D eigenvalue weighted by molar-refractivity contribution is -0.136. The number of aromatic nitrogens is 2. The molecule has 1 unspecified atom stereocenters. The van der Waals surface area contributed by atoms with Gasteiger partial charge < -0.3 is 15.0 Å². The van der Waals surface area contributed by atoms with Crippen LogP contribution < -0.4 is 10.9 Å². The normalized spacial score (nSPS) is 16.1. The van der Waals surface area contributed by atoms with E-state index in [1.807, 2.05) is 31.2 Å². The lowest BCUT2D eigenvalue weighted by Crippen LogP contribution is -2.31. The Morgan fingerprint density at radius 1 is 1.42 bits per heavy atom. The number of aromatic amines is 1. The number of carbonyl (C=O) groups is 1. The minimum Gasteiger partial charge on any atom is -0.466 e. The number of hydrogen-bond acceptors (Lipinski definition) is 6. The van der Waals surface area contributed by atoms with E-state index >= 15 is 0 Å². The summed E-state index contributed by atoms with van der Waals surface area (Å²) in [5, 5.41) is 3.65. The van der Waals surface area contributed by atoms with Crippen LogP contribution in [0.5, 0.6) is 0 Å². The number of H-pyrrole nitrogens is 1. The van der Waals surface area contributed by atoms with Crippen molar-refractivity contribution < 1.29 is 9.53 Å². The molecule has 1 aromatic heterocycles. The van der Waals surface area contributed by atoms with E-state index in [9.17, 15) is 9.59 Å². The standard InChI is InChI=1S/C18H18BrN3O3S/c1-4-26-18-21-15-14(16(23)22-18)13(10-6-5-7-11(19)8-10)12(9(2)20-15)17(24)25-3/h5-8,13H,4H2,1-3H3,(H2,20,21,22,23). The molecule has 0 spiro atoms. The maximum atomic E-state index is 12.9. The Morgan fingerprint density at radius 3 is 2.85 bits per heavy atom. The number of benzene rings is 1. The Balaban J connectivity index is 2.27. The Kier molecular flexibility index (Phi) is 5.52. The molecule has 0 bridgehead atoms. The van der Waals surface area contributed by atoms with Gasteiger partial charge in [0.05, 0.1) is 24.2 Å². The van der Waals surface area contributed by atoms with Gasteiger partial charge in [0.15, 0.2) is 5.16 Å². The molecule has 0 saturated carbocycles. The third kappa shape index (κ3) is 3.43. The van der Waals surface area contributed by atoms with E-state index in [-0.39, 0.29) is 5.56 Å². The highest BCUT2D eigenvalue weighted by molar-refractivity contribution is 9.10. The Morgan fingerprint density at radius 2 is 2.19 bits per heavy atom. The fraction of sp³-hybridized carbons (Fsp3) is 0.278. The van der Waals surface area contributed by atoms with Crippen molar-refractivity contribution in [2.24, 2.45) is 0 Å². The largest absolute Gasteiger partial charge is 0.466 e. The first-order chi connectivity index (χ1) is 12.5. The molecule has 6 nitrogen and oxygen atoms in total. The van der Waals surface area contributed by atoms with Crippen LogP contribution in [0.4, 0.5) is 5.82 Å². The minimum absolute atomic E-state index is 0.266. The molecule has 0 aliphatic carbocycles. The van der Waals surface area contributed by atoms with Gasteiger partial charge in [0, 0.05) is 10.2 Å². The lowest BCUT2D eigenvalue weighted by Gasteiger charge is -2.28. The zero-order valence-electron chi connectivity index (χ0n) is 14.6. The Bertz CT molecular complexity index is 955. The average molecular weight is 436 g/mol. The van der Waals surface area contributed by atoms with Crippen molar-refractivity contribution in [1.82, 2.24) is 9.97 Å². The number of rotatable bonds is 4. The summed E-state index contributed by atoms with van der Waals surface area (Å²) in [4.78, 5) is 32.7. The Labute approximate surface area is 163 Å². The number of nitrogens with zero attached hydrogens (tertiary/aromatic N) is 1. The highest BCUT2D eigenvalue weighted by Crippen LogP contribution is 2.40. The first-order valence-electron chi connectivity index (χ1n) is 8.04. The zero-order chi connectivity index (χ0) is 18.8. The highest BCUT2D eigenvalue weighted by atomic mass is 79.9. The number of methoxy groups -OCH3 is 1. The maximum Gasteiger partial charge on any atom is 0.336 e. The summed E-state index contributed by atoms with van der Waals surface area (Å²) in [5.41, 5.74) is 1.98. The van der Waals surface area contributed by atoms with Crippen molar-refractivity contribution in [3.63, 3.8) is 0 Å². The number of nitrogens with one attached hydrogen (secondary N) is 2. The molecule has 1 aliphatic rings. The first-order valence-corrected chi connectivity index (χ1v) is 9.82. The third-order valence-corrected chi connectivity index (χ3v) is 5.34. The van der Waals surface area contributed by atoms with Crippen molar-refractivity contribution in [3.8, 4) is 0 Å². The van der Waals surface area contributed by atoms with E-state index in [1.54, 1.807) is 6.92 Å². The quantitative estimate of drug-likeness (QED) is 0.433. The fourth-order valence-corrected chi connectivity index (χ4v) is 4.05. The highest BCUT2D eigenvalue weighted by Gasteiger charge is 2.36. The van der Waals surface area contributed by atoms with Crippen LogP contribution in [0.1, 0.15) is 30.9 Å². The van der Waals surface area contributed by atoms with Crippen molar-refractivity contribution >= 4 is 39.5 Å². The minimum atomic E-state index is -0.562. The smallest absolute Gasteiger partial charge is 0.336 e. The summed E-state index contributed by atoms with van der Waals surface area (Å²) >= 11 is 4.91. The molecule has 0 saturated heterocycles. The second kappa shape index (κ2) is 7.67. The molecular formula is C18H18BrN3O3S. The Hall–Kier alpha value is -2.06. The number of carbonyl (C=O) groups excluding carboxylic acids is 1. The van der Waals surface area contributed by atoms with Gasteiger partial charge in [0.1, 0.15) is 5.82 Å². The molecule has 26 heavy (non-hydrogen) atoms.